The molecule has 0 aliphatic heterocycles. The van der Waals surface area contributed by atoms with E-state index in [9.17, 15) is 4.79 Å². The van der Waals surface area contributed by atoms with E-state index in [-0.39, 0.29) is 0 Å². The van der Waals surface area contributed by atoms with Crippen LogP contribution in [0.1, 0.15) is 48.0 Å². The first kappa shape index (κ1) is 18.3. The van der Waals surface area contributed by atoms with Gasteiger partial charge in [-0.05, 0) is 45.5 Å². The van der Waals surface area contributed by atoms with Gasteiger partial charge in [0.2, 0.25) is 0 Å². The highest BCUT2D eigenvalue weighted by Gasteiger charge is 2.17. The van der Waals surface area contributed by atoms with Crippen molar-refractivity contribution in [1.29, 1.82) is 0 Å². The number of esters is 1. The van der Waals surface area contributed by atoms with Crippen molar-refractivity contribution in [3.8, 4) is 0 Å². The van der Waals surface area contributed by atoms with E-state index in [0.717, 1.165) is 17.0 Å². The largest absolute Gasteiger partial charge is 0.465 e. The molecule has 1 aromatic heterocycles. The first-order valence-electron chi connectivity index (χ1n) is 8.46. The van der Waals surface area contributed by atoms with Gasteiger partial charge < -0.3 is 19.8 Å². The van der Waals surface area contributed by atoms with Gasteiger partial charge in [0.05, 0.1) is 18.9 Å². The predicted octanol–water partition coefficient (Wildman–Crippen LogP) is 3.99. The maximum atomic E-state index is 11.6. The lowest BCUT2D eigenvalue weighted by atomic mass is 9.95. The van der Waals surface area contributed by atoms with Crippen LogP contribution in [0.15, 0.2) is 22.8 Å². The molecule has 0 bridgehead atoms. The molecule has 1 aromatic carbocycles. The van der Waals surface area contributed by atoms with Crippen LogP contribution in [0.5, 0.6) is 0 Å². The number of carbonyl (C=O) groups is 1. The zero-order chi connectivity index (χ0) is 17.7. The summed E-state index contributed by atoms with van der Waals surface area (Å²) in [4.78, 5) is 13.9. The van der Waals surface area contributed by atoms with E-state index in [4.69, 9.17) is 14.9 Å². The monoisotopic (exact) mass is 332 g/mol. The molecule has 1 aliphatic rings. The molecule has 1 fully saturated rings. The summed E-state index contributed by atoms with van der Waals surface area (Å²) in [6, 6.07) is 4.32. The van der Waals surface area contributed by atoms with E-state index in [1.807, 2.05) is 0 Å². The van der Waals surface area contributed by atoms with Crippen LogP contribution >= 0.6 is 0 Å². The van der Waals surface area contributed by atoms with Crippen molar-refractivity contribution in [2.75, 3.05) is 26.9 Å². The number of methoxy groups -OCH3 is 1. The summed E-state index contributed by atoms with van der Waals surface area (Å²) in [5.41, 5.74) is 8.08. The fraction of sp³-hybridized carbons (Fsp3) is 0.526. The Morgan fingerprint density at radius 2 is 1.96 bits per heavy atom. The van der Waals surface area contributed by atoms with Crippen LogP contribution in [0.25, 0.3) is 11.0 Å². The number of furan rings is 1. The average Bonchev–Trinajstić information content (AvgIpc) is 3.04. The minimum absolute atomic E-state index is 0.397. The molecule has 0 saturated heterocycles. The van der Waals surface area contributed by atoms with Crippen LogP contribution in [0.2, 0.25) is 0 Å². The van der Waals surface area contributed by atoms with Crippen molar-refractivity contribution in [3.05, 3.63) is 29.5 Å². The molecule has 2 aromatic rings. The van der Waals surface area contributed by atoms with E-state index >= 15 is 0 Å². The van der Waals surface area contributed by atoms with Crippen molar-refractivity contribution in [2.24, 2.45) is 0 Å². The summed E-state index contributed by atoms with van der Waals surface area (Å²) in [6.07, 6.45) is 8.73. The summed E-state index contributed by atoms with van der Waals surface area (Å²) in [5, 5.41) is 0.730. The number of rotatable bonds is 2. The second-order valence-corrected chi connectivity index (χ2v) is 6.55. The second kappa shape index (κ2) is 8.20. The fourth-order valence-corrected chi connectivity index (χ4v) is 3.20. The van der Waals surface area contributed by atoms with Gasteiger partial charge in [-0.15, -0.1) is 0 Å². The number of ether oxygens (including phenoxy) is 1. The number of hydrogen-bond donors (Lipinski definition) is 1. The molecule has 0 spiro atoms. The molecule has 0 radical (unpaired) electrons. The smallest absolute Gasteiger partial charge is 0.338 e. The second-order valence-electron chi connectivity index (χ2n) is 6.55. The molecule has 132 valence electrons. The maximum absolute atomic E-state index is 11.6. The van der Waals surface area contributed by atoms with Crippen LogP contribution in [0.4, 0.5) is 5.69 Å². The standard InChI is InChI=1S/C11H11NO3.C8H17N/c1-6-8(12)5-9-7(3-4-15-9)10(6)11(13)14-2;1-9(2)8-6-4-3-5-7-8/h3-5H,12H2,1-2H3;8H,3-7H2,1-2H3. The van der Waals surface area contributed by atoms with E-state index in [2.05, 4.69) is 19.0 Å². The molecule has 1 saturated carbocycles. The first-order valence-corrected chi connectivity index (χ1v) is 8.46. The van der Waals surface area contributed by atoms with Gasteiger partial charge in [0.1, 0.15) is 5.58 Å². The zero-order valence-electron chi connectivity index (χ0n) is 15.1. The van der Waals surface area contributed by atoms with Gasteiger partial charge in [0.15, 0.2) is 0 Å². The number of nitrogens with zero attached hydrogens (tertiary/aromatic N) is 1. The summed E-state index contributed by atoms with van der Waals surface area (Å²) < 4.78 is 9.91. The molecular weight excluding hydrogens is 304 g/mol. The molecule has 0 atom stereocenters. The topological polar surface area (TPSA) is 68.7 Å². The van der Waals surface area contributed by atoms with Gasteiger partial charge >= 0.3 is 5.97 Å². The molecule has 0 unspecified atom stereocenters. The van der Waals surface area contributed by atoms with Gasteiger partial charge in [-0.1, -0.05) is 19.3 Å². The molecule has 2 N–H and O–H groups in total. The Kier molecular flexibility index (Phi) is 6.26. The Morgan fingerprint density at radius 1 is 1.29 bits per heavy atom. The van der Waals surface area contributed by atoms with Crippen molar-refractivity contribution >= 4 is 22.6 Å². The Bertz CT molecular complexity index is 685. The first-order chi connectivity index (χ1) is 11.5. The molecule has 5 heteroatoms. The average molecular weight is 332 g/mol. The van der Waals surface area contributed by atoms with Crippen molar-refractivity contribution in [2.45, 2.75) is 45.1 Å². The predicted molar refractivity (Wildman–Crippen MR) is 97.3 cm³/mol. The Labute approximate surface area is 143 Å². The highest BCUT2D eigenvalue weighted by atomic mass is 16.5. The van der Waals surface area contributed by atoms with Crippen molar-refractivity contribution < 1.29 is 13.9 Å². The van der Waals surface area contributed by atoms with E-state index < -0.39 is 5.97 Å². The summed E-state index contributed by atoms with van der Waals surface area (Å²) >= 11 is 0. The Balaban J connectivity index is 0.000000198. The summed E-state index contributed by atoms with van der Waals surface area (Å²) in [6.45, 7) is 1.79. The lowest BCUT2D eigenvalue weighted by Crippen LogP contribution is -2.29. The van der Waals surface area contributed by atoms with Crippen molar-refractivity contribution in [1.82, 2.24) is 4.90 Å². The zero-order valence-corrected chi connectivity index (χ0v) is 15.1. The number of anilines is 1. The highest BCUT2D eigenvalue weighted by molar-refractivity contribution is 6.06. The molecule has 1 aliphatic carbocycles. The third-order valence-corrected chi connectivity index (χ3v) is 4.75. The molecule has 1 heterocycles. The fourth-order valence-electron chi connectivity index (χ4n) is 3.20. The van der Waals surface area contributed by atoms with Crippen LogP contribution in [0, 0.1) is 6.92 Å². The van der Waals surface area contributed by atoms with Gasteiger partial charge in [0.25, 0.3) is 0 Å². The molecular formula is C19H28N2O3. The van der Waals surface area contributed by atoms with E-state index in [1.54, 1.807) is 19.1 Å². The summed E-state index contributed by atoms with van der Waals surface area (Å²) in [7, 11) is 5.73. The number of nitrogens with two attached hydrogens (primary N) is 1. The molecule has 5 nitrogen and oxygen atoms in total. The Hall–Kier alpha value is -2.01. The van der Waals surface area contributed by atoms with Crippen molar-refractivity contribution in [3.63, 3.8) is 0 Å². The van der Waals surface area contributed by atoms with Gasteiger partial charge in [-0.25, -0.2) is 4.79 Å². The molecule has 0 amide bonds. The van der Waals surface area contributed by atoms with E-state index in [1.165, 1.54) is 45.5 Å². The quantitative estimate of drug-likeness (QED) is 0.665. The lowest BCUT2D eigenvalue weighted by molar-refractivity contribution is 0.0602. The van der Waals surface area contributed by atoms with Gasteiger partial charge in [0, 0.05) is 23.2 Å². The minimum Gasteiger partial charge on any atom is -0.465 e. The molecule has 24 heavy (non-hydrogen) atoms. The van der Waals surface area contributed by atoms with Crippen LogP contribution in [-0.4, -0.2) is 38.1 Å². The maximum Gasteiger partial charge on any atom is 0.338 e. The third-order valence-electron chi connectivity index (χ3n) is 4.75. The van der Waals surface area contributed by atoms with Gasteiger partial charge in [-0.2, -0.15) is 0 Å². The number of carbonyl (C=O) groups excluding carboxylic acids is 1. The van der Waals surface area contributed by atoms with Crippen LogP contribution in [-0.2, 0) is 4.74 Å². The number of fused-ring (bicyclic) bond motifs is 1. The SMILES string of the molecule is CN(C)C1CCCCC1.COC(=O)c1c(C)c(N)cc2occc12. The normalized spacial score (nSPS) is 15.2. The summed E-state index contributed by atoms with van der Waals surface area (Å²) in [5.74, 6) is -0.397. The van der Waals surface area contributed by atoms with Crippen LogP contribution in [0.3, 0.4) is 0 Å². The number of benzene rings is 1. The van der Waals surface area contributed by atoms with E-state index in [0.29, 0.717) is 16.8 Å². The number of nitrogen functional groups attached to an aromatic ring is 1. The molecule has 3 rings (SSSR count). The third kappa shape index (κ3) is 4.09. The van der Waals surface area contributed by atoms with Gasteiger partial charge in [-0.3, -0.25) is 0 Å². The van der Waals surface area contributed by atoms with Crippen LogP contribution < -0.4 is 5.73 Å². The highest BCUT2D eigenvalue weighted by Crippen LogP contribution is 2.28. The number of hydrogen-bond acceptors (Lipinski definition) is 5. The lowest BCUT2D eigenvalue weighted by Gasteiger charge is -2.27. The minimum atomic E-state index is -0.397. The Morgan fingerprint density at radius 3 is 2.50 bits per heavy atom.